The van der Waals surface area contributed by atoms with Crippen LogP contribution >= 0.6 is 0 Å². The Labute approximate surface area is 184 Å². The van der Waals surface area contributed by atoms with Crippen LogP contribution in [-0.2, 0) is 19.6 Å². The molecular weight excluding hydrogens is 414 g/mol. The van der Waals surface area contributed by atoms with E-state index in [1.165, 1.54) is 38.4 Å². The molecule has 0 heterocycles. The van der Waals surface area contributed by atoms with Crippen LogP contribution in [0.1, 0.15) is 52.4 Å². The Morgan fingerprint density at radius 3 is 1.94 bits per heavy atom. The third-order valence-electron chi connectivity index (χ3n) is 7.46. The zero-order valence-corrected chi connectivity index (χ0v) is 19.3. The van der Waals surface area contributed by atoms with Crippen LogP contribution in [0.2, 0.25) is 0 Å². The number of carbonyl (C=O) groups excluding carboxylic acids is 2. The average Bonchev–Trinajstić information content (AvgIpc) is 2.70. The summed E-state index contributed by atoms with van der Waals surface area (Å²) in [7, 11) is -2.18. The van der Waals surface area contributed by atoms with Gasteiger partial charge >= 0.3 is 0 Å². The molecule has 0 radical (unpaired) electrons. The van der Waals surface area contributed by atoms with Crippen molar-refractivity contribution in [2.75, 3.05) is 12.4 Å². The van der Waals surface area contributed by atoms with Crippen LogP contribution in [0.15, 0.2) is 29.2 Å². The SMILES string of the molecule is CNS(=O)(=O)c1ccc(NC(=O)[C@@H](NC(=O)C23CC4CC(CC(C4)C2)C3)C(C)C)cc1. The lowest BCUT2D eigenvalue weighted by atomic mass is 9.49. The Morgan fingerprint density at radius 1 is 0.968 bits per heavy atom. The van der Waals surface area contributed by atoms with Gasteiger partial charge < -0.3 is 10.6 Å². The summed E-state index contributed by atoms with van der Waals surface area (Å²) in [6, 6.07) is 5.36. The highest BCUT2D eigenvalue weighted by Crippen LogP contribution is 2.60. The van der Waals surface area contributed by atoms with E-state index in [1.54, 1.807) is 12.1 Å². The van der Waals surface area contributed by atoms with Crippen LogP contribution in [0, 0.1) is 29.1 Å². The minimum atomic E-state index is -3.53. The molecule has 4 aliphatic carbocycles. The molecular formula is C23H33N3O4S. The summed E-state index contributed by atoms with van der Waals surface area (Å²) >= 11 is 0. The molecule has 0 unspecified atom stereocenters. The fourth-order valence-electron chi connectivity index (χ4n) is 6.27. The molecule has 0 saturated heterocycles. The number of amides is 2. The van der Waals surface area contributed by atoms with E-state index in [2.05, 4.69) is 15.4 Å². The van der Waals surface area contributed by atoms with Gasteiger partial charge in [-0.25, -0.2) is 13.1 Å². The molecule has 5 rings (SSSR count). The van der Waals surface area contributed by atoms with Gasteiger partial charge in [0.25, 0.3) is 0 Å². The molecule has 7 nitrogen and oxygen atoms in total. The Hall–Kier alpha value is -1.93. The van der Waals surface area contributed by atoms with Gasteiger partial charge in [0.15, 0.2) is 0 Å². The number of rotatable bonds is 7. The van der Waals surface area contributed by atoms with E-state index >= 15 is 0 Å². The highest BCUT2D eigenvalue weighted by molar-refractivity contribution is 7.89. The van der Waals surface area contributed by atoms with Crippen LogP contribution in [-0.4, -0.2) is 33.3 Å². The number of hydrogen-bond acceptors (Lipinski definition) is 4. The molecule has 4 fully saturated rings. The monoisotopic (exact) mass is 447 g/mol. The van der Waals surface area contributed by atoms with Gasteiger partial charge in [0.05, 0.1) is 4.90 Å². The van der Waals surface area contributed by atoms with Gasteiger partial charge in [-0.2, -0.15) is 0 Å². The molecule has 8 heteroatoms. The summed E-state index contributed by atoms with van der Waals surface area (Å²) in [6.45, 7) is 3.85. The number of benzene rings is 1. The van der Waals surface area contributed by atoms with Crippen molar-refractivity contribution in [3.05, 3.63) is 24.3 Å². The second-order valence-electron chi connectivity index (χ2n) is 10.1. The maximum Gasteiger partial charge on any atom is 0.247 e. The van der Waals surface area contributed by atoms with Crippen molar-refractivity contribution >= 4 is 27.5 Å². The smallest absolute Gasteiger partial charge is 0.247 e. The van der Waals surface area contributed by atoms with Crippen LogP contribution in [0.5, 0.6) is 0 Å². The first-order chi connectivity index (χ1) is 14.6. The minimum absolute atomic E-state index is 0.0379. The zero-order chi connectivity index (χ0) is 22.4. The Morgan fingerprint density at radius 2 is 1.48 bits per heavy atom. The molecule has 1 aromatic rings. The number of nitrogens with one attached hydrogen (secondary N) is 3. The molecule has 1 aromatic carbocycles. The largest absolute Gasteiger partial charge is 0.344 e. The summed E-state index contributed by atoms with van der Waals surface area (Å²) in [5, 5.41) is 5.91. The highest BCUT2D eigenvalue weighted by atomic mass is 32.2. The van der Waals surface area contributed by atoms with Gasteiger partial charge in [-0.05, 0) is 93.5 Å². The normalized spacial score (nSPS) is 30.3. The highest BCUT2D eigenvalue weighted by Gasteiger charge is 2.55. The van der Waals surface area contributed by atoms with Gasteiger partial charge in [-0.1, -0.05) is 13.8 Å². The molecule has 170 valence electrons. The molecule has 4 bridgehead atoms. The van der Waals surface area contributed by atoms with E-state index in [-0.39, 0.29) is 28.0 Å². The standard InChI is InChI=1S/C23H33N3O4S/c1-14(2)20(21(27)25-18-4-6-19(7-5-18)31(29,30)24-3)26-22(28)23-11-15-8-16(12-23)10-17(9-15)13-23/h4-7,14-17,20,24H,8-13H2,1-3H3,(H,25,27)(H,26,28)/t15?,16?,17?,20-,23?/m0/s1. The van der Waals surface area contributed by atoms with Crippen molar-refractivity contribution in [2.45, 2.75) is 63.3 Å². The molecule has 3 N–H and O–H groups in total. The van der Waals surface area contributed by atoms with Crippen molar-refractivity contribution in [3.63, 3.8) is 0 Å². The number of hydrogen-bond donors (Lipinski definition) is 3. The van der Waals surface area contributed by atoms with Crippen molar-refractivity contribution in [3.8, 4) is 0 Å². The van der Waals surface area contributed by atoms with Gasteiger partial charge in [0.2, 0.25) is 21.8 Å². The van der Waals surface area contributed by atoms with Crippen LogP contribution in [0.4, 0.5) is 5.69 Å². The van der Waals surface area contributed by atoms with E-state index in [9.17, 15) is 18.0 Å². The van der Waals surface area contributed by atoms with Crippen molar-refractivity contribution < 1.29 is 18.0 Å². The third kappa shape index (κ3) is 4.37. The molecule has 0 aliphatic heterocycles. The Bertz CT molecular complexity index is 920. The number of carbonyl (C=O) groups is 2. The maximum absolute atomic E-state index is 13.4. The maximum atomic E-state index is 13.4. The summed E-state index contributed by atoms with van der Waals surface area (Å²) in [5.41, 5.74) is 0.195. The lowest BCUT2D eigenvalue weighted by Gasteiger charge is -2.55. The Balaban J connectivity index is 1.44. The predicted molar refractivity (Wildman–Crippen MR) is 119 cm³/mol. The fourth-order valence-corrected chi connectivity index (χ4v) is 7.00. The first-order valence-electron chi connectivity index (χ1n) is 11.3. The summed E-state index contributed by atoms with van der Waals surface area (Å²) in [4.78, 5) is 26.5. The van der Waals surface area contributed by atoms with E-state index in [1.807, 2.05) is 13.8 Å². The second-order valence-corrected chi connectivity index (χ2v) is 12.0. The fraction of sp³-hybridized carbons (Fsp3) is 0.652. The van der Waals surface area contributed by atoms with Gasteiger partial charge in [-0.15, -0.1) is 0 Å². The molecule has 0 spiro atoms. The first-order valence-corrected chi connectivity index (χ1v) is 12.8. The summed E-state index contributed by atoms with van der Waals surface area (Å²) in [6.07, 6.45) is 6.66. The van der Waals surface area contributed by atoms with Crippen LogP contribution in [0.25, 0.3) is 0 Å². The number of sulfonamides is 1. The van der Waals surface area contributed by atoms with Crippen molar-refractivity contribution in [1.29, 1.82) is 0 Å². The van der Waals surface area contributed by atoms with Gasteiger partial charge in [0.1, 0.15) is 6.04 Å². The predicted octanol–water partition coefficient (Wildman–Crippen LogP) is 2.89. The van der Waals surface area contributed by atoms with Gasteiger partial charge in [-0.3, -0.25) is 9.59 Å². The Kier molecular flexibility index (Phi) is 5.89. The lowest BCUT2D eigenvalue weighted by Crippen LogP contribution is -2.57. The topological polar surface area (TPSA) is 104 Å². The lowest BCUT2D eigenvalue weighted by molar-refractivity contribution is -0.148. The summed E-state index contributed by atoms with van der Waals surface area (Å²) in [5.74, 6) is 1.68. The third-order valence-corrected chi connectivity index (χ3v) is 8.89. The summed E-state index contributed by atoms with van der Waals surface area (Å²) < 4.78 is 26.0. The van der Waals surface area contributed by atoms with E-state index in [0.717, 1.165) is 19.3 Å². The molecule has 0 aromatic heterocycles. The number of anilines is 1. The zero-order valence-electron chi connectivity index (χ0n) is 18.5. The molecule has 1 atom stereocenters. The van der Waals surface area contributed by atoms with Crippen LogP contribution < -0.4 is 15.4 Å². The van der Waals surface area contributed by atoms with E-state index in [4.69, 9.17) is 0 Å². The molecule has 4 saturated carbocycles. The van der Waals surface area contributed by atoms with Crippen molar-refractivity contribution in [1.82, 2.24) is 10.0 Å². The second kappa shape index (κ2) is 8.20. The van der Waals surface area contributed by atoms with Crippen molar-refractivity contribution in [2.24, 2.45) is 29.1 Å². The minimum Gasteiger partial charge on any atom is -0.344 e. The molecule has 2 amide bonds. The first kappa shape index (κ1) is 22.3. The van der Waals surface area contributed by atoms with E-state index < -0.39 is 16.1 Å². The van der Waals surface area contributed by atoms with E-state index in [0.29, 0.717) is 23.4 Å². The quantitative estimate of drug-likeness (QED) is 0.598. The molecule has 4 aliphatic rings. The van der Waals surface area contributed by atoms with Crippen LogP contribution in [0.3, 0.4) is 0 Å². The molecule has 31 heavy (non-hydrogen) atoms. The average molecular weight is 448 g/mol. The van der Waals surface area contributed by atoms with Gasteiger partial charge in [0, 0.05) is 11.1 Å².